The highest BCUT2D eigenvalue weighted by atomic mass is 35.5. The van der Waals surface area contributed by atoms with E-state index in [2.05, 4.69) is 0 Å². The monoisotopic (exact) mass is 254 g/mol. The lowest BCUT2D eigenvalue weighted by molar-refractivity contribution is -0.147. The molecule has 1 aliphatic carbocycles. The van der Waals surface area contributed by atoms with Crippen molar-refractivity contribution < 1.29 is 15.0 Å². The number of rotatable bonds is 2. The van der Waals surface area contributed by atoms with E-state index in [1.165, 1.54) is 0 Å². The van der Waals surface area contributed by atoms with Gasteiger partial charge in [-0.1, -0.05) is 18.0 Å². The lowest BCUT2D eigenvalue weighted by Gasteiger charge is -2.39. The average molecular weight is 255 g/mol. The number of aliphatic carboxylic acids is 1. The second-order valence-electron chi connectivity index (χ2n) is 4.76. The van der Waals surface area contributed by atoms with Gasteiger partial charge in [0.1, 0.15) is 5.75 Å². The van der Waals surface area contributed by atoms with E-state index < -0.39 is 11.4 Å². The number of carbonyl (C=O) groups is 1. The van der Waals surface area contributed by atoms with E-state index in [1.807, 2.05) is 0 Å². The zero-order valence-corrected chi connectivity index (χ0v) is 10.6. The van der Waals surface area contributed by atoms with E-state index in [9.17, 15) is 15.0 Å². The van der Waals surface area contributed by atoms with Gasteiger partial charge in [-0.3, -0.25) is 4.79 Å². The van der Waals surface area contributed by atoms with Crippen LogP contribution in [0.3, 0.4) is 0 Å². The van der Waals surface area contributed by atoms with Gasteiger partial charge in [-0.2, -0.15) is 0 Å². The molecule has 0 atom stereocenters. The van der Waals surface area contributed by atoms with Gasteiger partial charge in [-0.25, -0.2) is 0 Å². The van der Waals surface area contributed by atoms with Crippen LogP contribution in [-0.2, 0) is 10.2 Å². The Balaban J connectivity index is 2.67. The third kappa shape index (κ3) is 1.61. The van der Waals surface area contributed by atoms with Crippen LogP contribution >= 0.6 is 11.6 Å². The van der Waals surface area contributed by atoms with Crippen LogP contribution in [0.4, 0.5) is 0 Å². The predicted molar refractivity (Wildman–Crippen MR) is 65.8 cm³/mol. The van der Waals surface area contributed by atoms with Crippen molar-refractivity contribution >= 4 is 17.6 Å². The number of halogens is 1. The van der Waals surface area contributed by atoms with Gasteiger partial charge in [0, 0.05) is 16.1 Å². The largest absolute Gasteiger partial charge is 0.507 e. The average Bonchev–Trinajstić information content (AvgIpc) is 2.17. The quantitative estimate of drug-likeness (QED) is 0.852. The second-order valence-corrected chi connectivity index (χ2v) is 5.17. The highest BCUT2D eigenvalue weighted by Crippen LogP contribution is 2.50. The van der Waals surface area contributed by atoms with Gasteiger partial charge in [0.25, 0.3) is 0 Å². The van der Waals surface area contributed by atoms with Crippen LogP contribution in [0.1, 0.15) is 36.0 Å². The van der Waals surface area contributed by atoms with Crippen molar-refractivity contribution in [3.8, 4) is 5.75 Å². The van der Waals surface area contributed by atoms with Crippen molar-refractivity contribution in [2.45, 2.75) is 38.5 Å². The molecule has 2 N–H and O–H groups in total. The first kappa shape index (κ1) is 12.2. The molecule has 1 saturated carbocycles. The van der Waals surface area contributed by atoms with Crippen LogP contribution < -0.4 is 0 Å². The van der Waals surface area contributed by atoms with E-state index in [1.54, 1.807) is 19.9 Å². The Morgan fingerprint density at radius 3 is 2.41 bits per heavy atom. The molecule has 0 amide bonds. The highest BCUT2D eigenvalue weighted by molar-refractivity contribution is 6.31. The van der Waals surface area contributed by atoms with Crippen molar-refractivity contribution in [3.05, 3.63) is 27.8 Å². The van der Waals surface area contributed by atoms with Gasteiger partial charge in [-0.05, 0) is 38.3 Å². The SMILES string of the molecule is Cc1cc(Cl)c(C)c(O)c1C1(C(=O)O)CCC1. The lowest BCUT2D eigenvalue weighted by atomic mass is 9.63. The smallest absolute Gasteiger partial charge is 0.314 e. The number of aromatic hydroxyl groups is 1. The summed E-state index contributed by atoms with van der Waals surface area (Å²) in [5.74, 6) is -0.819. The number of aryl methyl sites for hydroxylation is 1. The number of phenolic OH excluding ortho intramolecular Hbond substituents is 1. The summed E-state index contributed by atoms with van der Waals surface area (Å²) in [5.41, 5.74) is 0.932. The van der Waals surface area contributed by atoms with E-state index in [-0.39, 0.29) is 5.75 Å². The fourth-order valence-electron chi connectivity index (χ4n) is 2.56. The number of phenols is 1. The molecule has 1 aliphatic rings. The Morgan fingerprint density at radius 2 is 2.00 bits per heavy atom. The Kier molecular flexibility index (Phi) is 2.82. The zero-order chi connectivity index (χ0) is 12.8. The highest BCUT2D eigenvalue weighted by Gasteiger charge is 2.48. The van der Waals surface area contributed by atoms with Gasteiger partial charge in [0.05, 0.1) is 5.41 Å². The van der Waals surface area contributed by atoms with Crippen LogP contribution in [-0.4, -0.2) is 16.2 Å². The van der Waals surface area contributed by atoms with Crippen molar-refractivity contribution in [1.82, 2.24) is 0 Å². The third-order valence-corrected chi connectivity index (χ3v) is 4.18. The fraction of sp³-hybridized carbons (Fsp3) is 0.462. The molecule has 0 radical (unpaired) electrons. The van der Waals surface area contributed by atoms with Crippen LogP contribution in [0.2, 0.25) is 5.02 Å². The Morgan fingerprint density at radius 1 is 1.41 bits per heavy atom. The van der Waals surface area contributed by atoms with Gasteiger partial charge >= 0.3 is 5.97 Å². The first-order valence-corrected chi connectivity index (χ1v) is 6.00. The Labute approximate surface area is 105 Å². The normalized spacial score (nSPS) is 17.6. The van der Waals surface area contributed by atoms with Gasteiger partial charge in [0.2, 0.25) is 0 Å². The molecule has 4 heteroatoms. The molecular formula is C13H15ClO3. The van der Waals surface area contributed by atoms with E-state index in [0.717, 1.165) is 12.0 Å². The summed E-state index contributed by atoms with van der Waals surface area (Å²) in [7, 11) is 0. The third-order valence-electron chi connectivity index (χ3n) is 3.78. The van der Waals surface area contributed by atoms with E-state index >= 15 is 0 Å². The zero-order valence-electron chi connectivity index (χ0n) is 9.88. The molecule has 2 rings (SSSR count). The summed E-state index contributed by atoms with van der Waals surface area (Å²) < 4.78 is 0. The molecule has 0 saturated heterocycles. The van der Waals surface area contributed by atoms with Gasteiger partial charge in [0.15, 0.2) is 0 Å². The molecule has 1 aromatic carbocycles. The molecule has 1 aromatic rings. The summed E-state index contributed by atoms with van der Waals surface area (Å²) in [6.07, 6.45) is 2.04. The number of hydrogen-bond acceptors (Lipinski definition) is 2. The maximum atomic E-state index is 11.5. The predicted octanol–water partition coefficient (Wildman–Crippen LogP) is 3.17. The maximum absolute atomic E-state index is 11.5. The minimum atomic E-state index is -0.913. The molecule has 17 heavy (non-hydrogen) atoms. The van der Waals surface area contributed by atoms with Crippen LogP contribution in [0.15, 0.2) is 6.07 Å². The number of carboxylic acid groups (broad SMARTS) is 1. The summed E-state index contributed by atoms with van der Waals surface area (Å²) in [6.45, 7) is 3.50. The van der Waals surface area contributed by atoms with Crippen molar-refractivity contribution in [1.29, 1.82) is 0 Å². The fourth-order valence-corrected chi connectivity index (χ4v) is 2.82. The summed E-state index contributed by atoms with van der Waals surface area (Å²) >= 11 is 5.97. The molecule has 0 heterocycles. The summed E-state index contributed by atoms with van der Waals surface area (Å²) in [4.78, 5) is 11.5. The first-order valence-electron chi connectivity index (χ1n) is 5.62. The molecule has 0 unspecified atom stereocenters. The second kappa shape index (κ2) is 3.91. The molecule has 0 bridgehead atoms. The minimum absolute atomic E-state index is 0.0390. The lowest BCUT2D eigenvalue weighted by Crippen LogP contribution is -2.43. The summed E-state index contributed by atoms with van der Waals surface area (Å²) in [5, 5.41) is 20.0. The molecule has 0 aromatic heterocycles. The van der Waals surface area contributed by atoms with Crippen LogP contribution in [0.25, 0.3) is 0 Å². The molecule has 0 spiro atoms. The molecular weight excluding hydrogens is 240 g/mol. The van der Waals surface area contributed by atoms with Crippen molar-refractivity contribution in [2.75, 3.05) is 0 Å². The minimum Gasteiger partial charge on any atom is -0.507 e. The Bertz CT molecular complexity index is 490. The van der Waals surface area contributed by atoms with Gasteiger partial charge in [-0.15, -0.1) is 0 Å². The maximum Gasteiger partial charge on any atom is 0.314 e. The van der Waals surface area contributed by atoms with E-state index in [0.29, 0.717) is 29.0 Å². The van der Waals surface area contributed by atoms with Gasteiger partial charge < -0.3 is 10.2 Å². The molecule has 1 fully saturated rings. The Hall–Kier alpha value is -1.22. The number of benzene rings is 1. The summed E-state index contributed by atoms with van der Waals surface area (Å²) in [6, 6.07) is 1.73. The molecule has 3 nitrogen and oxygen atoms in total. The van der Waals surface area contributed by atoms with Crippen molar-refractivity contribution in [3.63, 3.8) is 0 Å². The first-order chi connectivity index (χ1) is 7.90. The van der Waals surface area contributed by atoms with Crippen molar-refractivity contribution in [2.24, 2.45) is 0 Å². The van der Waals surface area contributed by atoms with Crippen LogP contribution in [0, 0.1) is 13.8 Å². The number of carboxylic acids is 1. The van der Waals surface area contributed by atoms with E-state index in [4.69, 9.17) is 11.6 Å². The topological polar surface area (TPSA) is 57.5 Å². The molecule has 92 valence electrons. The van der Waals surface area contributed by atoms with Crippen LogP contribution in [0.5, 0.6) is 5.75 Å². The standard InChI is InChI=1S/C13H15ClO3/c1-7-6-9(14)8(2)11(15)10(7)13(12(16)17)4-3-5-13/h6,15H,3-5H2,1-2H3,(H,16,17). The molecule has 0 aliphatic heterocycles. The number of hydrogen-bond donors (Lipinski definition) is 2.